The van der Waals surface area contributed by atoms with E-state index in [4.69, 9.17) is 5.73 Å². The Morgan fingerprint density at radius 3 is 2.67 bits per heavy atom. The number of imide groups is 1. The number of carbonyl (C=O) groups excluding carboxylic acids is 3. The maximum Gasteiger partial charge on any atom is 0.322 e. The summed E-state index contributed by atoms with van der Waals surface area (Å²) in [6.45, 7) is 0. The Morgan fingerprint density at radius 1 is 1.33 bits per heavy atom. The first kappa shape index (κ1) is 10.8. The molecular formula is C12H11N3O3. The van der Waals surface area contributed by atoms with Gasteiger partial charge in [0.1, 0.15) is 5.54 Å². The van der Waals surface area contributed by atoms with Crippen LogP contribution < -0.4 is 16.4 Å². The van der Waals surface area contributed by atoms with Gasteiger partial charge in [0.2, 0.25) is 5.91 Å². The maximum atomic E-state index is 12.0. The van der Waals surface area contributed by atoms with Gasteiger partial charge in [-0.2, -0.15) is 0 Å². The summed E-state index contributed by atoms with van der Waals surface area (Å²) in [5.41, 5.74) is 5.58. The van der Waals surface area contributed by atoms with Crippen LogP contribution in [0.1, 0.15) is 23.5 Å². The smallest absolute Gasteiger partial charge is 0.322 e. The first-order valence-corrected chi connectivity index (χ1v) is 5.57. The number of urea groups is 1. The van der Waals surface area contributed by atoms with E-state index in [0.717, 1.165) is 0 Å². The Morgan fingerprint density at radius 2 is 2.06 bits per heavy atom. The molecule has 4 N–H and O–H groups in total. The number of amides is 4. The van der Waals surface area contributed by atoms with Gasteiger partial charge in [-0.1, -0.05) is 24.3 Å². The minimum Gasteiger partial charge on any atom is -0.369 e. The molecule has 0 aromatic heterocycles. The van der Waals surface area contributed by atoms with Crippen LogP contribution in [0.5, 0.6) is 0 Å². The van der Waals surface area contributed by atoms with Crippen molar-refractivity contribution in [2.45, 2.75) is 17.9 Å². The molecule has 1 aromatic carbocycles. The highest BCUT2D eigenvalue weighted by atomic mass is 16.2. The average Bonchev–Trinajstić information content (AvgIpc) is 2.80. The SMILES string of the molecule is NC(=O)C1CC2(NC(=O)NC2=O)c2ccccc21. The summed E-state index contributed by atoms with van der Waals surface area (Å²) < 4.78 is 0. The summed E-state index contributed by atoms with van der Waals surface area (Å²) in [5.74, 6) is -1.47. The molecule has 0 bridgehead atoms. The molecule has 4 amide bonds. The van der Waals surface area contributed by atoms with Crippen LogP contribution >= 0.6 is 0 Å². The van der Waals surface area contributed by atoms with E-state index in [-0.39, 0.29) is 6.42 Å². The number of hydrogen-bond donors (Lipinski definition) is 3. The van der Waals surface area contributed by atoms with E-state index in [1.165, 1.54) is 0 Å². The van der Waals surface area contributed by atoms with Crippen molar-refractivity contribution in [3.05, 3.63) is 35.4 Å². The highest BCUT2D eigenvalue weighted by Crippen LogP contribution is 2.45. The van der Waals surface area contributed by atoms with Crippen LogP contribution in [0.25, 0.3) is 0 Å². The van der Waals surface area contributed by atoms with Gasteiger partial charge in [0, 0.05) is 0 Å². The number of primary amides is 1. The van der Waals surface area contributed by atoms with Crippen molar-refractivity contribution < 1.29 is 14.4 Å². The van der Waals surface area contributed by atoms with Crippen molar-refractivity contribution in [3.8, 4) is 0 Å². The third kappa shape index (κ3) is 1.20. The molecule has 1 fully saturated rings. The minimum absolute atomic E-state index is 0.180. The quantitative estimate of drug-likeness (QED) is 0.592. The lowest BCUT2D eigenvalue weighted by Gasteiger charge is -2.21. The normalized spacial score (nSPS) is 29.0. The van der Waals surface area contributed by atoms with Crippen LogP contribution in [0, 0.1) is 0 Å². The summed E-state index contributed by atoms with van der Waals surface area (Å²) in [7, 11) is 0. The third-order valence-corrected chi connectivity index (χ3v) is 3.59. The van der Waals surface area contributed by atoms with Crippen LogP contribution in [0.3, 0.4) is 0 Å². The molecule has 6 nitrogen and oxygen atoms in total. The molecule has 1 aromatic rings. The number of rotatable bonds is 1. The first-order chi connectivity index (χ1) is 8.54. The Bertz CT molecular complexity index is 584. The minimum atomic E-state index is -1.15. The highest BCUT2D eigenvalue weighted by Gasteiger charge is 2.55. The average molecular weight is 245 g/mol. The second-order valence-corrected chi connectivity index (χ2v) is 4.56. The second kappa shape index (κ2) is 3.32. The second-order valence-electron chi connectivity index (χ2n) is 4.56. The molecule has 2 unspecified atom stereocenters. The number of fused-ring (bicyclic) bond motifs is 2. The molecule has 0 saturated carbocycles. The summed E-state index contributed by atoms with van der Waals surface area (Å²) in [6, 6.07) is 6.50. The van der Waals surface area contributed by atoms with Gasteiger partial charge in [-0.25, -0.2) is 4.79 Å². The van der Waals surface area contributed by atoms with Crippen LogP contribution in [0.2, 0.25) is 0 Å². The molecular weight excluding hydrogens is 234 g/mol. The largest absolute Gasteiger partial charge is 0.369 e. The van der Waals surface area contributed by atoms with Crippen LogP contribution in [0.4, 0.5) is 4.79 Å². The van der Waals surface area contributed by atoms with Crippen LogP contribution in [0.15, 0.2) is 24.3 Å². The standard InChI is InChI=1S/C12H11N3O3/c13-9(16)7-5-12(10(17)14-11(18)15-12)8-4-2-1-3-6(7)8/h1-4,7H,5H2,(H2,13,16)(H2,14,15,17,18). The number of nitrogens with one attached hydrogen (secondary N) is 2. The van der Waals surface area contributed by atoms with E-state index in [0.29, 0.717) is 11.1 Å². The predicted octanol–water partition coefficient (Wildman–Crippen LogP) is -0.306. The number of hydrogen-bond acceptors (Lipinski definition) is 3. The van der Waals surface area contributed by atoms with E-state index in [2.05, 4.69) is 10.6 Å². The van der Waals surface area contributed by atoms with Gasteiger partial charge in [-0.15, -0.1) is 0 Å². The third-order valence-electron chi connectivity index (χ3n) is 3.59. The van der Waals surface area contributed by atoms with Crippen LogP contribution in [-0.2, 0) is 15.1 Å². The molecule has 92 valence electrons. The Kier molecular flexibility index (Phi) is 1.98. The van der Waals surface area contributed by atoms with Crippen molar-refractivity contribution in [2.75, 3.05) is 0 Å². The molecule has 1 aliphatic carbocycles. The molecule has 1 saturated heterocycles. The topological polar surface area (TPSA) is 101 Å². The lowest BCUT2D eigenvalue weighted by atomic mass is 9.91. The van der Waals surface area contributed by atoms with E-state index in [1.807, 2.05) is 0 Å². The Labute approximate surface area is 103 Å². The predicted molar refractivity (Wildman–Crippen MR) is 61.3 cm³/mol. The molecule has 18 heavy (non-hydrogen) atoms. The van der Waals surface area contributed by atoms with Crippen molar-refractivity contribution in [1.29, 1.82) is 0 Å². The molecule has 2 atom stereocenters. The van der Waals surface area contributed by atoms with E-state index in [1.54, 1.807) is 24.3 Å². The molecule has 1 heterocycles. The van der Waals surface area contributed by atoms with Gasteiger partial charge in [0.25, 0.3) is 5.91 Å². The lowest BCUT2D eigenvalue weighted by molar-refractivity contribution is -0.124. The van der Waals surface area contributed by atoms with Crippen molar-refractivity contribution >= 4 is 17.8 Å². The van der Waals surface area contributed by atoms with Crippen molar-refractivity contribution in [2.24, 2.45) is 5.73 Å². The summed E-state index contributed by atoms with van der Waals surface area (Å²) in [6.07, 6.45) is 0.180. The van der Waals surface area contributed by atoms with Gasteiger partial charge in [-0.3, -0.25) is 14.9 Å². The fourth-order valence-electron chi connectivity index (χ4n) is 2.79. The van der Waals surface area contributed by atoms with Gasteiger partial charge in [0.05, 0.1) is 5.92 Å². The summed E-state index contributed by atoms with van der Waals surface area (Å²) >= 11 is 0. The molecule has 0 radical (unpaired) electrons. The zero-order valence-corrected chi connectivity index (χ0v) is 9.40. The number of benzene rings is 1. The molecule has 1 spiro atoms. The van der Waals surface area contributed by atoms with Gasteiger partial charge in [0.15, 0.2) is 0 Å². The monoisotopic (exact) mass is 245 g/mol. The Hall–Kier alpha value is -2.37. The number of carbonyl (C=O) groups is 3. The maximum absolute atomic E-state index is 12.0. The fourth-order valence-corrected chi connectivity index (χ4v) is 2.79. The van der Waals surface area contributed by atoms with Gasteiger partial charge in [-0.05, 0) is 17.5 Å². The van der Waals surface area contributed by atoms with E-state index in [9.17, 15) is 14.4 Å². The van der Waals surface area contributed by atoms with E-state index < -0.39 is 29.3 Å². The molecule has 3 rings (SSSR count). The fraction of sp³-hybridized carbons (Fsp3) is 0.250. The van der Waals surface area contributed by atoms with Gasteiger partial charge < -0.3 is 11.1 Å². The van der Waals surface area contributed by atoms with Gasteiger partial charge >= 0.3 is 6.03 Å². The number of nitrogens with two attached hydrogens (primary N) is 1. The van der Waals surface area contributed by atoms with Crippen molar-refractivity contribution in [3.63, 3.8) is 0 Å². The van der Waals surface area contributed by atoms with Crippen LogP contribution in [-0.4, -0.2) is 17.8 Å². The zero-order chi connectivity index (χ0) is 12.9. The summed E-state index contributed by atoms with van der Waals surface area (Å²) in [4.78, 5) is 34.8. The zero-order valence-electron chi connectivity index (χ0n) is 9.40. The van der Waals surface area contributed by atoms with Crippen molar-refractivity contribution in [1.82, 2.24) is 10.6 Å². The summed E-state index contributed by atoms with van der Waals surface area (Å²) in [5, 5.41) is 4.82. The Balaban J connectivity index is 2.18. The lowest BCUT2D eigenvalue weighted by Crippen LogP contribution is -2.42. The molecule has 1 aliphatic heterocycles. The highest BCUT2D eigenvalue weighted by molar-refractivity contribution is 6.09. The molecule has 6 heteroatoms. The van der Waals surface area contributed by atoms with E-state index >= 15 is 0 Å². The first-order valence-electron chi connectivity index (χ1n) is 5.57. The molecule has 2 aliphatic rings.